The highest BCUT2D eigenvalue weighted by Gasteiger charge is 1.97. The molecule has 0 aromatic heterocycles. The van der Waals surface area contributed by atoms with Crippen LogP contribution in [0.15, 0.2) is 22.7 Å². The van der Waals surface area contributed by atoms with E-state index in [2.05, 4.69) is 15.9 Å². The SMILES string of the molecule is CCOCCOCc1cc(N)cc(Br)c1. The summed E-state index contributed by atoms with van der Waals surface area (Å²) in [6.45, 7) is 4.51. The maximum absolute atomic E-state index is 5.70. The predicted molar refractivity (Wildman–Crippen MR) is 64.7 cm³/mol. The number of benzene rings is 1. The summed E-state index contributed by atoms with van der Waals surface area (Å²) in [7, 11) is 0. The van der Waals surface area contributed by atoms with Crippen LogP contribution >= 0.6 is 15.9 Å². The molecule has 1 aromatic carbocycles. The molecular formula is C11H16BrNO2. The van der Waals surface area contributed by atoms with Crippen LogP contribution in [0.5, 0.6) is 0 Å². The minimum Gasteiger partial charge on any atom is -0.399 e. The Morgan fingerprint density at radius 2 is 1.93 bits per heavy atom. The van der Waals surface area contributed by atoms with Crippen LogP contribution in [0.4, 0.5) is 5.69 Å². The van der Waals surface area contributed by atoms with Crippen molar-refractivity contribution in [2.45, 2.75) is 13.5 Å². The zero-order chi connectivity index (χ0) is 11.1. The van der Waals surface area contributed by atoms with Crippen molar-refractivity contribution in [3.05, 3.63) is 28.2 Å². The molecule has 0 heterocycles. The van der Waals surface area contributed by atoms with Crippen LogP contribution < -0.4 is 5.73 Å². The van der Waals surface area contributed by atoms with Gasteiger partial charge in [0.2, 0.25) is 0 Å². The number of hydrogen-bond acceptors (Lipinski definition) is 3. The summed E-state index contributed by atoms with van der Waals surface area (Å²) in [4.78, 5) is 0. The third-order valence-electron chi connectivity index (χ3n) is 1.82. The third kappa shape index (κ3) is 5.16. The minimum atomic E-state index is 0.566. The first-order valence-electron chi connectivity index (χ1n) is 4.93. The quantitative estimate of drug-likeness (QED) is 0.640. The van der Waals surface area contributed by atoms with E-state index in [0.717, 1.165) is 22.3 Å². The number of hydrogen-bond donors (Lipinski definition) is 1. The molecule has 1 rings (SSSR count). The van der Waals surface area contributed by atoms with Gasteiger partial charge in [0.05, 0.1) is 19.8 Å². The van der Waals surface area contributed by atoms with Crippen molar-refractivity contribution in [2.75, 3.05) is 25.6 Å². The van der Waals surface area contributed by atoms with E-state index in [9.17, 15) is 0 Å². The van der Waals surface area contributed by atoms with Gasteiger partial charge >= 0.3 is 0 Å². The molecule has 0 aliphatic rings. The van der Waals surface area contributed by atoms with Crippen LogP contribution in [0.2, 0.25) is 0 Å². The molecule has 0 unspecified atom stereocenters. The molecule has 0 radical (unpaired) electrons. The zero-order valence-electron chi connectivity index (χ0n) is 8.83. The summed E-state index contributed by atoms with van der Waals surface area (Å²) in [6, 6.07) is 5.77. The molecule has 0 spiro atoms. The highest BCUT2D eigenvalue weighted by molar-refractivity contribution is 9.10. The van der Waals surface area contributed by atoms with E-state index in [4.69, 9.17) is 15.2 Å². The van der Waals surface area contributed by atoms with Crippen LogP contribution in [-0.4, -0.2) is 19.8 Å². The van der Waals surface area contributed by atoms with E-state index in [1.165, 1.54) is 0 Å². The van der Waals surface area contributed by atoms with Gasteiger partial charge in [0, 0.05) is 16.8 Å². The van der Waals surface area contributed by atoms with E-state index in [-0.39, 0.29) is 0 Å². The van der Waals surface area contributed by atoms with E-state index in [0.29, 0.717) is 19.8 Å². The average molecular weight is 274 g/mol. The monoisotopic (exact) mass is 273 g/mol. The molecule has 0 bridgehead atoms. The van der Waals surface area contributed by atoms with Crippen molar-refractivity contribution in [3.63, 3.8) is 0 Å². The second-order valence-corrected chi connectivity index (χ2v) is 4.06. The van der Waals surface area contributed by atoms with Crippen molar-refractivity contribution in [2.24, 2.45) is 0 Å². The molecule has 1 aromatic rings. The molecule has 3 nitrogen and oxygen atoms in total. The Hall–Kier alpha value is -0.580. The first-order valence-corrected chi connectivity index (χ1v) is 5.72. The summed E-state index contributed by atoms with van der Waals surface area (Å²) < 4.78 is 11.6. The lowest BCUT2D eigenvalue weighted by Gasteiger charge is -2.06. The Bertz CT molecular complexity index is 284. The third-order valence-corrected chi connectivity index (χ3v) is 2.28. The standard InChI is InChI=1S/C11H16BrNO2/c1-2-14-3-4-15-8-9-5-10(12)7-11(13)6-9/h5-7H,2-4,8,13H2,1H3. The molecule has 0 aliphatic carbocycles. The number of rotatable bonds is 6. The second kappa shape index (κ2) is 6.82. The van der Waals surface area contributed by atoms with Gasteiger partial charge in [0.1, 0.15) is 0 Å². The van der Waals surface area contributed by atoms with Crippen LogP contribution in [0.1, 0.15) is 12.5 Å². The molecule has 0 saturated heterocycles. The summed E-state index contributed by atoms with van der Waals surface area (Å²) in [5, 5.41) is 0. The largest absolute Gasteiger partial charge is 0.399 e. The van der Waals surface area contributed by atoms with Crippen LogP contribution in [0.25, 0.3) is 0 Å². The molecular weight excluding hydrogens is 258 g/mol. The maximum atomic E-state index is 5.70. The predicted octanol–water partition coefficient (Wildman–Crippen LogP) is 2.58. The Morgan fingerprint density at radius 1 is 1.20 bits per heavy atom. The van der Waals surface area contributed by atoms with Gasteiger partial charge in [-0.2, -0.15) is 0 Å². The summed E-state index contributed by atoms with van der Waals surface area (Å²) in [5.41, 5.74) is 7.51. The highest BCUT2D eigenvalue weighted by Crippen LogP contribution is 2.17. The average Bonchev–Trinajstić information content (AvgIpc) is 2.16. The molecule has 0 saturated carbocycles. The van der Waals surface area contributed by atoms with Crippen LogP contribution in [0.3, 0.4) is 0 Å². The van der Waals surface area contributed by atoms with Gasteiger partial charge in [-0.05, 0) is 30.7 Å². The van der Waals surface area contributed by atoms with Crippen molar-refractivity contribution in [3.8, 4) is 0 Å². The van der Waals surface area contributed by atoms with Gasteiger partial charge in [0.25, 0.3) is 0 Å². The number of ether oxygens (including phenoxy) is 2. The summed E-state index contributed by atoms with van der Waals surface area (Å²) >= 11 is 3.39. The first kappa shape index (κ1) is 12.5. The molecule has 2 N–H and O–H groups in total. The molecule has 0 amide bonds. The van der Waals surface area contributed by atoms with Crippen LogP contribution in [0, 0.1) is 0 Å². The summed E-state index contributed by atoms with van der Waals surface area (Å²) in [6.07, 6.45) is 0. The van der Waals surface area contributed by atoms with E-state index < -0.39 is 0 Å². The van der Waals surface area contributed by atoms with E-state index >= 15 is 0 Å². The number of halogens is 1. The molecule has 15 heavy (non-hydrogen) atoms. The lowest BCUT2D eigenvalue weighted by Crippen LogP contribution is -2.04. The molecule has 0 atom stereocenters. The first-order chi connectivity index (χ1) is 7.22. The Labute approximate surface area is 98.7 Å². The number of nitrogens with two attached hydrogens (primary N) is 1. The van der Waals surface area contributed by atoms with Crippen molar-refractivity contribution in [1.29, 1.82) is 0 Å². The lowest BCUT2D eigenvalue weighted by molar-refractivity contribution is 0.0453. The minimum absolute atomic E-state index is 0.566. The van der Waals surface area contributed by atoms with Gasteiger partial charge in [0.15, 0.2) is 0 Å². The topological polar surface area (TPSA) is 44.5 Å². The Morgan fingerprint density at radius 3 is 2.60 bits per heavy atom. The normalized spacial score (nSPS) is 10.5. The molecule has 0 aliphatic heterocycles. The van der Waals surface area contributed by atoms with Crippen molar-refractivity contribution < 1.29 is 9.47 Å². The Balaban J connectivity index is 2.31. The van der Waals surface area contributed by atoms with Gasteiger partial charge in [-0.1, -0.05) is 15.9 Å². The number of anilines is 1. The van der Waals surface area contributed by atoms with Gasteiger partial charge in [-0.3, -0.25) is 0 Å². The van der Waals surface area contributed by atoms with Crippen LogP contribution in [-0.2, 0) is 16.1 Å². The molecule has 4 heteroatoms. The fourth-order valence-electron chi connectivity index (χ4n) is 1.21. The molecule has 84 valence electrons. The smallest absolute Gasteiger partial charge is 0.0719 e. The van der Waals surface area contributed by atoms with Crippen molar-refractivity contribution in [1.82, 2.24) is 0 Å². The summed E-state index contributed by atoms with van der Waals surface area (Å²) in [5.74, 6) is 0. The number of nitrogen functional groups attached to an aromatic ring is 1. The maximum Gasteiger partial charge on any atom is 0.0719 e. The highest BCUT2D eigenvalue weighted by atomic mass is 79.9. The van der Waals surface area contributed by atoms with E-state index in [1.54, 1.807) is 0 Å². The fourth-order valence-corrected chi connectivity index (χ4v) is 1.77. The van der Waals surface area contributed by atoms with Gasteiger partial charge in [-0.15, -0.1) is 0 Å². The van der Waals surface area contributed by atoms with E-state index in [1.807, 2.05) is 25.1 Å². The second-order valence-electron chi connectivity index (χ2n) is 3.14. The van der Waals surface area contributed by atoms with Gasteiger partial charge < -0.3 is 15.2 Å². The fraction of sp³-hybridized carbons (Fsp3) is 0.455. The van der Waals surface area contributed by atoms with Crippen molar-refractivity contribution >= 4 is 21.6 Å². The lowest BCUT2D eigenvalue weighted by atomic mass is 10.2. The molecule has 0 fully saturated rings. The Kier molecular flexibility index (Phi) is 5.68. The van der Waals surface area contributed by atoms with Gasteiger partial charge in [-0.25, -0.2) is 0 Å². The zero-order valence-corrected chi connectivity index (χ0v) is 10.4.